The highest BCUT2D eigenvalue weighted by atomic mass is 16.2. The van der Waals surface area contributed by atoms with Gasteiger partial charge in [0.25, 0.3) is 0 Å². The molecule has 1 atom stereocenters. The zero-order valence-electron chi connectivity index (χ0n) is 12.1. The predicted molar refractivity (Wildman–Crippen MR) is 80.0 cm³/mol. The highest BCUT2D eigenvalue weighted by molar-refractivity contribution is 5.99. The third kappa shape index (κ3) is 2.59. The van der Waals surface area contributed by atoms with E-state index >= 15 is 0 Å². The quantitative estimate of drug-likeness (QED) is 0.851. The fourth-order valence-corrected chi connectivity index (χ4v) is 2.38. The molecule has 0 saturated carbocycles. The summed E-state index contributed by atoms with van der Waals surface area (Å²) in [6, 6.07) is 7.83. The summed E-state index contributed by atoms with van der Waals surface area (Å²) in [5.41, 5.74) is 2.42. The molecule has 20 heavy (non-hydrogen) atoms. The fraction of sp³-hybridized carbons (Fsp3) is 0.375. The molecular formula is C16H20N2O2. The molecule has 1 aromatic heterocycles. The number of hydrogen-bond donors (Lipinski definition) is 1. The number of hydrogen-bond acceptors (Lipinski definition) is 2. The summed E-state index contributed by atoms with van der Waals surface area (Å²) in [5, 5.41) is 3.85. The standard InChI is InChI=1S/C16H20N2O2/c1-4-11(2)17-16(20)9-18-12(3)14(10-19)13-7-5-6-8-15(13)18/h5-8,10-11H,4,9H2,1-3H3,(H,17,20). The first-order chi connectivity index (χ1) is 9.58. The molecule has 1 N–H and O–H groups in total. The maximum absolute atomic E-state index is 12.1. The summed E-state index contributed by atoms with van der Waals surface area (Å²) in [6.07, 6.45) is 1.76. The minimum Gasteiger partial charge on any atom is -0.352 e. The Hall–Kier alpha value is -2.10. The summed E-state index contributed by atoms with van der Waals surface area (Å²) < 4.78 is 1.90. The molecule has 4 nitrogen and oxygen atoms in total. The second-order valence-corrected chi connectivity index (χ2v) is 5.10. The second-order valence-electron chi connectivity index (χ2n) is 5.10. The lowest BCUT2D eigenvalue weighted by atomic mass is 10.1. The third-order valence-corrected chi connectivity index (χ3v) is 3.72. The molecule has 1 amide bonds. The van der Waals surface area contributed by atoms with Gasteiger partial charge in [0, 0.05) is 28.2 Å². The smallest absolute Gasteiger partial charge is 0.240 e. The van der Waals surface area contributed by atoms with Crippen LogP contribution in [0, 0.1) is 6.92 Å². The number of aldehydes is 1. The van der Waals surface area contributed by atoms with E-state index in [0.29, 0.717) is 5.56 Å². The van der Waals surface area contributed by atoms with Crippen LogP contribution >= 0.6 is 0 Å². The Labute approximate surface area is 118 Å². The number of carbonyl (C=O) groups excluding carboxylic acids is 2. The van der Waals surface area contributed by atoms with Gasteiger partial charge in [0.05, 0.1) is 0 Å². The van der Waals surface area contributed by atoms with E-state index in [1.807, 2.05) is 49.6 Å². The van der Waals surface area contributed by atoms with Crippen LogP contribution in [0.5, 0.6) is 0 Å². The second kappa shape index (κ2) is 5.90. The van der Waals surface area contributed by atoms with Gasteiger partial charge >= 0.3 is 0 Å². The van der Waals surface area contributed by atoms with Gasteiger partial charge in [0.2, 0.25) is 5.91 Å². The Morgan fingerprint density at radius 2 is 2.10 bits per heavy atom. The first kappa shape index (κ1) is 14.3. The van der Waals surface area contributed by atoms with E-state index in [0.717, 1.165) is 29.3 Å². The minimum absolute atomic E-state index is 0.0272. The van der Waals surface area contributed by atoms with E-state index in [4.69, 9.17) is 0 Å². The number of para-hydroxylation sites is 1. The van der Waals surface area contributed by atoms with Gasteiger partial charge in [-0.05, 0) is 26.3 Å². The Morgan fingerprint density at radius 1 is 1.40 bits per heavy atom. The van der Waals surface area contributed by atoms with Crippen molar-refractivity contribution in [3.05, 3.63) is 35.5 Å². The van der Waals surface area contributed by atoms with Gasteiger partial charge in [-0.3, -0.25) is 9.59 Å². The molecule has 0 spiro atoms. The monoisotopic (exact) mass is 272 g/mol. The van der Waals surface area contributed by atoms with Crippen LogP contribution in [-0.2, 0) is 11.3 Å². The van der Waals surface area contributed by atoms with Crippen LogP contribution in [0.25, 0.3) is 10.9 Å². The van der Waals surface area contributed by atoms with E-state index in [1.165, 1.54) is 0 Å². The van der Waals surface area contributed by atoms with Crippen molar-refractivity contribution in [2.24, 2.45) is 0 Å². The molecule has 0 bridgehead atoms. The maximum atomic E-state index is 12.1. The van der Waals surface area contributed by atoms with E-state index in [2.05, 4.69) is 5.32 Å². The van der Waals surface area contributed by atoms with Crippen molar-refractivity contribution in [2.45, 2.75) is 39.8 Å². The van der Waals surface area contributed by atoms with Crippen molar-refractivity contribution in [1.29, 1.82) is 0 Å². The molecule has 0 fully saturated rings. The van der Waals surface area contributed by atoms with E-state index in [9.17, 15) is 9.59 Å². The van der Waals surface area contributed by atoms with Gasteiger partial charge in [0.1, 0.15) is 6.54 Å². The molecule has 0 aliphatic heterocycles. The van der Waals surface area contributed by atoms with E-state index in [-0.39, 0.29) is 18.5 Å². The fourth-order valence-electron chi connectivity index (χ4n) is 2.38. The van der Waals surface area contributed by atoms with Gasteiger partial charge in [-0.15, -0.1) is 0 Å². The number of rotatable bonds is 5. The Kier molecular flexibility index (Phi) is 4.23. The number of nitrogens with zero attached hydrogens (tertiary/aromatic N) is 1. The molecule has 0 aliphatic rings. The Morgan fingerprint density at radius 3 is 2.75 bits per heavy atom. The molecule has 4 heteroatoms. The Bertz CT molecular complexity index is 643. The summed E-state index contributed by atoms with van der Waals surface area (Å²) in [5.74, 6) is -0.0272. The molecule has 2 rings (SSSR count). The van der Waals surface area contributed by atoms with Crippen LogP contribution in [0.4, 0.5) is 0 Å². The van der Waals surface area contributed by atoms with Gasteiger partial charge in [-0.25, -0.2) is 0 Å². The van der Waals surface area contributed by atoms with Crippen LogP contribution in [0.2, 0.25) is 0 Å². The van der Waals surface area contributed by atoms with Gasteiger partial charge in [-0.2, -0.15) is 0 Å². The summed E-state index contributed by atoms with van der Waals surface area (Å²) in [7, 11) is 0. The maximum Gasteiger partial charge on any atom is 0.240 e. The normalized spacial score (nSPS) is 12.3. The molecule has 106 valence electrons. The number of fused-ring (bicyclic) bond motifs is 1. The number of nitrogens with one attached hydrogen (secondary N) is 1. The highest BCUT2D eigenvalue weighted by Gasteiger charge is 2.15. The lowest BCUT2D eigenvalue weighted by Crippen LogP contribution is -2.34. The first-order valence-electron chi connectivity index (χ1n) is 6.90. The average Bonchev–Trinajstić information content (AvgIpc) is 2.71. The van der Waals surface area contributed by atoms with Gasteiger partial charge < -0.3 is 9.88 Å². The lowest BCUT2D eigenvalue weighted by Gasteiger charge is -2.13. The van der Waals surface area contributed by atoms with Crippen molar-refractivity contribution < 1.29 is 9.59 Å². The Balaban J connectivity index is 2.37. The topological polar surface area (TPSA) is 51.1 Å². The van der Waals surface area contributed by atoms with Crippen LogP contribution in [0.3, 0.4) is 0 Å². The largest absolute Gasteiger partial charge is 0.352 e. The third-order valence-electron chi connectivity index (χ3n) is 3.72. The van der Waals surface area contributed by atoms with Crippen LogP contribution in [0.1, 0.15) is 36.3 Å². The van der Waals surface area contributed by atoms with Crippen molar-refractivity contribution in [3.63, 3.8) is 0 Å². The molecule has 1 heterocycles. The number of benzene rings is 1. The first-order valence-corrected chi connectivity index (χ1v) is 6.90. The molecule has 0 radical (unpaired) electrons. The zero-order valence-corrected chi connectivity index (χ0v) is 12.1. The van der Waals surface area contributed by atoms with Crippen LogP contribution in [0.15, 0.2) is 24.3 Å². The van der Waals surface area contributed by atoms with E-state index in [1.54, 1.807) is 0 Å². The summed E-state index contributed by atoms with van der Waals surface area (Å²) in [4.78, 5) is 23.3. The van der Waals surface area contributed by atoms with E-state index < -0.39 is 0 Å². The summed E-state index contributed by atoms with van der Waals surface area (Å²) in [6.45, 7) is 6.13. The molecule has 0 aliphatic carbocycles. The summed E-state index contributed by atoms with van der Waals surface area (Å²) >= 11 is 0. The van der Waals surface area contributed by atoms with Crippen LogP contribution in [-0.4, -0.2) is 22.8 Å². The number of aromatic nitrogens is 1. The SMILES string of the molecule is CCC(C)NC(=O)Cn1c(C)c(C=O)c2ccccc21. The lowest BCUT2D eigenvalue weighted by molar-refractivity contribution is -0.122. The predicted octanol–water partition coefficient (Wildman–Crippen LogP) is 2.68. The van der Waals surface area contributed by atoms with Crippen molar-refractivity contribution in [3.8, 4) is 0 Å². The average molecular weight is 272 g/mol. The number of carbonyl (C=O) groups is 2. The molecular weight excluding hydrogens is 252 g/mol. The van der Waals surface area contributed by atoms with Crippen LogP contribution < -0.4 is 5.32 Å². The minimum atomic E-state index is -0.0272. The number of amides is 1. The molecule has 1 unspecified atom stereocenters. The van der Waals surface area contributed by atoms with Gasteiger partial charge in [0.15, 0.2) is 6.29 Å². The van der Waals surface area contributed by atoms with Crippen molar-refractivity contribution >= 4 is 23.1 Å². The zero-order chi connectivity index (χ0) is 14.7. The van der Waals surface area contributed by atoms with Crippen molar-refractivity contribution in [2.75, 3.05) is 0 Å². The van der Waals surface area contributed by atoms with Crippen molar-refractivity contribution in [1.82, 2.24) is 9.88 Å². The molecule has 0 saturated heterocycles. The molecule has 1 aromatic carbocycles. The highest BCUT2D eigenvalue weighted by Crippen LogP contribution is 2.24. The molecule has 2 aromatic rings. The van der Waals surface area contributed by atoms with Gasteiger partial charge in [-0.1, -0.05) is 25.1 Å².